The van der Waals surface area contributed by atoms with Crippen LogP contribution in [0.5, 0.6) is 0 Å². The third kappa shape index (κ3) is 4.21. The lowest BCUT2D eigenvalue weighted by Crippen LogP contribution is -2.41. The van der Waals surface area contributed by atoms with E-state index in [2.05, 4.69) is 20.3 Å². The van der Waals surface area contributed by atoms with E-state index in [4.69, 9.17) is 0 Å². The van der Waals surface area contributed by atoms with E-state index in [1.165, 1.54) is 11.3 Å². The number of thiophene rings is 1. The van der Waals surface area contributed by atoms with Crippen molar-refractivity contribution < 1.29 is 14.1 Å². The first kappa shape index (κ1) is 16.7. The number of hydrogen-bond donors (Lipinski definition) is 2. The van der Waals surface area contributed by atoms with Gasteiger partial charge in [-0.15, -0.1) is 11.3 Å². The van der Waals surface area contributed by atoms with Gasteiger partial charge in [0.15, 0.2) is 5.82 Å². The van der Waals surface area contributed by atoms with Gasteiger partial charge in [-0.25, -0.2) is 14.2 Å². The standard InChI is InChI=1S/C16H14N4O4S/c21-13(18-15(22)17-9-11-5-2-1-3-6-11)10-20-14(19-24-16(20)23)12-7-4-8-25-12/h1-8H,9-10H2,(H2,17,18,21,22). The minimum atomic E-state index is -0.761. The highest BCUT2D eigenvalue weighted by atomic mass is 32.1. The smallest absolute Gasteiger partial charge is 0.334 e. The van der Waals surface area contributed by atoms with Crippen molar-refractivity contribution in [2.45, 2.75) is 13.1 Å². The molecule has 2 heterocycles. The van der Waals surface area contributed by atoms with Crippen LogP contribution in [0.2, 0.25) is 0 Å². The van der Waals surface area contributed by atoms with Crippen molar-refractivity contribution in [3.8, 4) is 10.7 Å². The van der Waals surface area contributed by atoms with Gasteiger partial charge in [-0.05, 0) is 17.0 Å². The lowest BCUT2D eigenvalue weighted by atomic mass is 10.2. The Kier molecular flexibility index (Phi) is 5.05. The zero-order valence-corrected chi connectivity index (χ0v) is 13.8. The Balaban J connectivity index is 1.59. The molecule has 25 heavy (non-hydrogen) atoms. The number of hydrogen-bond acceptors (Lipinski definition) is 6. The minimum absolute atomic E-state index is 0.250. The van der Waals surface area contributed by atoms with Gasteiger partial charge in [0.05, 0.1) is 4.88 Å². The van der Waals surface area contributed by atoms with E-state index in [1.54, 1.807) is 12.1 Å². The molecular formula is C16H14N4O4S. The maximum atomic E-state index is 12.0. The van der Waals surface area contributed by atoms with Crippen LogP contribution in [0.1, 0.15) is 5.56 Å². The largest absolute Gasteiger partial charge is 0.442 e. The van der Waals surface area contributed by atoms with Crippen molar-refractivity contribution in [2.24, 2.45) is 0 Å². The van der Waals surface area contributed by atoms with E-state index < -0.39 is 17.7 Å². The molecule has 0 atom stereocenters. The van der Waals surface area contributed by atoms with Gasteiger partial charge in [0.25, 0.3) is 0 Å². The molecule has 0 unspecified atom stereocenters. The zero-order chi connectivity index (χ0) is 17.6. The summed E-state index contributed by atoms with van der Waals surface area (Å²) in [7, 11) is 0. The highest BCUT2D eigenvalue weighted by molar-refractivity contribution is 7.13. The summed E-state index contributed by atoms with van der Waals surface area (Å²) >= 11 is 1.36. The average molecular weight is 358 g/mol. The lowest BCUT2D eigenvalue weighted by Gasteiger charge is -2.07. The summed E-state index contributed by atoms with van der Waals surface area (Å²) < 4.78 is 5.69. The molecule has 8 nitrogen and oxygen atoms in total. The first-order valence-electron chi connectivity index (χ1n) is 7.35. The number of carbonyl (C=O) groups is 2. The van der Waals surface area contributed by atoms with Crippen molar-refractivity contribution in [2.75, 3.05) is 0 Å². The molecule has 3 aromatic rings. The number of urea groups is 1. The fraction of sp³-hybridized carbons (Fsp3) is 0.125. The lowest BCUT2D eigenvalue weighted by molar-refractivity contribution is -0.120. The molecule has 0 bridgehead atoms. The molecule has 3 amide bonds. The maximum Gasteiger partial charge on any atom is 0.442 e. The number of benzene rings is 1. The van der Waals surface area contributed by atoms with E-state index in [0.29, 0.717) is 4.88 Å². The summed E-state index contributed by atoms with van der Waals surface area (Å²) in [6.07, 6.45) is 0. The Morgan fingerprint density at radius 3 is 2.68 bits per heavy atom. The second-order valence-corrected chi connectivity index (χ2v) is 6.00. The molecule has 0 saturated carbocycles. The second-order valence-electron chi connectivity index (χ2n) is 5.05. The van der Waals surface area contributed by atoms with E-state index in [1.807, 2.05) is 35.7 Å². The van der Waals surface area contributed by atoms with Crippen LogP contribution in [0.15, 0.2) is 57.2 Å². The number of nitrogens with one attached hydrogen (secondary N) is 2. The Labute approximate surface area is 146 Å². The van der Waals surface area contributed by atoms with Crippen LogP contribution < -0.4 is 16.4 Å². The van der Waals surface area contributed by atoms with Crippen LogP contribution in [0.3, 0.4) is 0 Å². The summed E-state index contributed by atoms with van der Waals surface area (Å²) in [5.74, 6) is -1.16. The quantitative estimate of drug-likeness (QED) is 0.720. The number of aromatic nitrogens is 2. The third-order valence-corrected chi connectivity index (χ3v) is 4.14. The number of amides is 3. The minimum Gasteiger partial charge on any atom is -0.334 e. The van der Waals surface area contributed by atoms with Crippen molar-refractivity contribution in [1.82, 2.24) is 20.4 Å². The van der Waals surface area contributed by atoms with Gasteiger partial charge in [-0.1, -0.05) is 41.6 Å². The molecule has 0 aliphatic heterocycles. The number of carbonyl (C=O) groups excluding carboxylic acids is 2. The predicted octanol–water partition coefficient (Wildman–Crippen LogP) is 1.59. The molecule has 0 spiro atoms. The normalized spacial score (nSPS) is 10.4. The van der Waals surface area contributed by atoms with Gasteiger partial charge in [0.2, 0.25) is 5.91 Å². The molecule has 2 aromatic heterocycles. The van der Waals surface area contributed by atoms with Crippen LogP contribution in [0.25, 0.3) is 10.7 Å². The molecule has 0 radical (unpaired) electrons. The van der Waals surface area contributed by atoms with E-state index in [-0.39, 0.29) is 18.9 Å². The molecule has 0 fully saturated rings. The van der Waals surface area contributed by atoms with Crippen LogP contribution in [-0.2, 0) is 17.9 Å². The van der Waals surface area contributed by atoms with Crippen LogP contribution in [0.4, 0.5) is 4.79 Å². The Hall–Kier alpha value is -3.20. The van der Waals surface area contributed by atoms with E-state index in [0.717, 1.165) is 10.1 Å². The Morgan fingerprint density at radius 1 is 1.16 bits per heavy atom. The van der Waals surface area contributed by atoms with Gasteiger partial charge in [-0.2, -0.15) is 0 Å². The van der Waals surface area contributed by atoms with E-state index >= 15 is 0 Å². The SMILES string of the molecule is O=C(Cn1c(-c2cccs2)noc1=O)NC(=O)NCc1ccccc1. The first-order valence-corrected chi connectivity index (χ1v) is 8.23. The van der Waals surface area contributed by atoms with Crippen molar-refractivity contribution >= 4 is 23.3 Å². The molecule has 128 valence electrons. The summed E-state index contributed by atoms with van der Waals surface area (Å²) in [5.41, 5.74) is 0.903. The molecule has 0 aliphatic rings. The number of imide groups is 1. The molecule has 1 aromatic carbocycles. The van der Waals surface area contributed by atoms with Gasteiger partial charge < -0.3 is 5.32 Å². The van der Waals surface area contributed by atoms with Crippen LogP contribution in [-0.4, -0.2) is 21.7 Å². The second kappa shape index (κ2) is 7.58. The monoisotopic (exact) mass is 358 g/mol. The van der Waals surface area contributed by atoms with Gasteiger partial charge in [0.1, 0.15) is 6.54 Å². The van der Waals surface area contributed by atoms with Crippen LogP contribution >= 0.6 is 11.3 Å². The summed E-state index contributed by atoms with van der Waals surface area (Å²) in [6.45, 7) is -0.0814. The third-order valence-electron chi connectivity index (χ3n) is 3.28. The van der Waals surface area contributed by atoms with Crippen molar-refractivity contribution in [3.05, 3.63) is 64.0 Å². The van der Waals surface area contributed by atoms with Gasteiger partial charge in [-0.3, -0.25) is 14.6 Å². The highest BCUT2D eigenvalue weighted by Crippen LogP contribution is 2.21. The molecule has 9 heteroatoms. The number of rotatable bonds is 5. The van der Waals surface area contributed by atoms with Gasteiger partial charge in [0, 0.05) is 6.54 Å². The average Bonchev–Trinajstić information content (AvgIpc) is 3.25. The Bertz CT molecular complexity index is 915. The van der Waals surface area contributed by atoms with Crippen molar-refractivity contribution in [3.63, 3.8) is 0 Å². The van der Waals surface area contributed by atoms with Crippen LogP contribution in [0, 0.1) is 0 Å². The zero-order valence-electron chi connectivity index (χ0n) is 13.0. The molecule has 3 rings (SSSR count). The predicted molar refractivity (Wildman–Crippen MR) is 90.9 cm³/mol. The molecule has 0 aliphatic carbocycles. The van der Waals surface area contributed by atoms with Gasteiger partial charge >= 0.3 is 11.8 Å². The first-order chi connectivity index (χ1) is 12.1. The summed E-state index contributed by atoms with van der Waals surface area (Å²) in [6, 6.07) is 12.2. The summed E-state index contributed by atoms with van der Waals surface area (Å²) in [5, 5.41) is 10.2. The van der Waals surface area contributed by atoms with Crippen molar-refractivity contribution in [1.29, 1.82) is 0 Å². The fourth-order valence-electron chi connectivity index (χ4n) is 2.12. The topological polar surface area (TPSA) is 106 Å². The molecule has 2 N–H and O–H groups in total. The number of nitrogens with zero attached hydrogens (tertiary/aromatic N) is 2. The summed E-state index contributed by atoms with van der Waals surface area (Å²) in [4.78, 5) is 36.2. The fourth-order valence-corrected chi connectivity index (χ4v) is 2.84. The Morgan fingerprint density at radius 2 is 1.96 bits per heavy atom. The van der Waals surface area contributed by atoms with E-state index in [9.17, 15) is 14.4 Å². The molecular weight excluding hydrogens is 344 g/mol. The highest BCUT2D eigenvalue weighted by Gasteiger charge is 2.17. The maximum absolute atomic E-state index is 12.0. The molecule has 0 saturated heterocycles.